The number of nitrogens with zero attached hydrogens (tertiary/aromatic N) is 2. The Labute approximate surface area is 99.7 Å². The minimum absolute atomic E-state index is 0.773. The van der Waals surface area contributed by atoms with Crippen molar-refractivity contribution in [3.8, 4) is 17.1 Å². The molecule has 0 aliphatic carbocycles. The summed E-state index contributed by atoms with van der Waals surface area (Å²) in [4.78, 5) is 8.95. The second-order valence-electron chi connectivity index (χ2n) is 4.00. The lowest BCUT2D eigenvalue weighted by Gasteiger charge is -2.04. The van der Waals surface area contributed by atoms with Gasteiger partial charge in [-0.2, -0.15) is 0 Å². The number of methoxy groups -OCH3 is 1. The van der Waals surface area contributed by atoms with Gasteiger partial charge in [-0.3, -0.25) is 0 Å². The van der Waals surface area contributed by atoms with Crippen LogP contribution in [0.5, 0.6) is 5.75 Å². The van der Waals surface area contributed by atoms with Crippen molar-refractivity contribution < 1.29 is 4.74 Å². The molecule has 17 heavy (non-hydrogen) atoms. The van der Waals surface area contributed by atoms with Gasteiger partial charge in [0.15, 0.2) is 5.82 Å². The fourth-order valence-corrected chi connectivity index (χ4v) is 1.94. The molecule has 0 amide bonds. The van der Waals surface area contributed by atoms with Crippen molar-refractivity contribution in [2.75, 3.05) is 7.11 Å². The quantitative estimate of drug-likeness (QED) is 0.849. The first-order valence-electron chi connectivity index (χ1n) is 5.57. The molecule has 0 saturated carbocycles. The molecule has 3 rings (SSSR count). The van der Waals surface area contributed by atoms with Gasteiger partial charge in [0.1, 0.15) is 5.75 Å². The molecule has 4 heteroatoms. The summed E-state index contributed by atoms with van der Waals surface area (Å²) in [6, 6.07) is 7.79. The third-order valence-corrected chi connectivity index (χ3v) is 2.91. The van der Waals surface area contributed by atoms with E-state index in [2.05, 4.69) is 15.3 Å². The van der Waals surface area contributed by atoms with Crippen LogP contribution in [0.2, 0.25) is 0 Å². The van der Waals surface area contributed by atoms with E-state index in [-0.39, 0.29) is 0 Å². The van der Waals surface area contributed by atoms with Crippen LogP contribution >= 0.6 is 0 Å². The molecule has 4 nitrogen and oxygen atoms in total. The zero-order chi connectivity index (χ0) is 11.7. The van der Waals surface area contributed by atoms with Gasteiger partial charge in [0, 0.05) is 30.4 Å². The Kier molecular flexibility index (Phi) is 2.49. The summed E-state index contributed by atoms with van der Waals surface area (Å²) >= 11 is 0. The Morgan fingerprint density at radius 1 is 1.18 bits per heavy atom. The molecule has 1 aromatic heterocycles. The monoisotopic (exact) mass is 227 g/mol. The summed E-state index contributed by atoms with van der Waals surface area (Å²) in [6.07, 6.45) is 1.90. The van der Waals surface area contributed by atoms with Gasteiger partial charge in [0.25, 0.3) is 0 Å². The fourth-order valence-electron chi connectivity index (χ4n) is 1.94. The fraction of sp³-hybridized carbons (Fsp3) is 0.231. The normalized spacial score (nSPS) is 13.5. The highest BCUT2D eigenvalue weighted by Crippen LogP contribution is 2.21. The van der Waals surface area contributed by atoms with Crippen LogP contribution in [-0.2, 0) is 13.1 Å². The highest BCUT2D eigenvalue weighted by Gasteiger charge is 2.13. The van der Waals surface area contributed by atoms with Crippen molar-refractivity contribution in [1.82, 2.24) is 15.3 Å². The molecule has 2 aromatic rings. The van der Waals surface area contributed by atoms with E-state index in [0.717, 1.165) is 35.9 Å². The van der Waals surface area contributed by atoms with E-state index in [1.807, 2.05) is 30.5 Å². The summed E-state index contributed by atoms with van der Waals surface area (Å²) < 4.78 is 5.13. The third kappa shape index (κ3) is 1.87. The molecule has 0 atom stereocenters. The highest BCUT2D eigenvalue weighted by molar-refractivity contribution is 5.56. The number of hydrogen-bond acceptors (Lipinski definition) is 4. The number of benzene rings is 1. The Balaban J connectivity index is 1.97. The van der Waals surface area contributed by atoms with Crippen LogP contribution in [0.1, 0.15) is 11.3 Å². The molecule has 0 bridgehead atoms. The number of ether oxygens (including phenoxy) is 1. The van der Waals surface area contributed by atoms with Gasteiger partial charge >= 0.3 is 0 Å². The average molecular weight is 227 g/mol. The van der Waals surface area contributed by atoms with Crippen molar-refractivity contribution >= 4 is 0 Å². The first-order valence-corrected chi connectivity index (χ1v) is 5.57. The maximum absolute atomic E-state index is 5.13. The lowest BCUT2D eigenvalue weighted by Crippen LogP contribution is -2.00. The van der Waals surface area contributed by atoms with Crippen molar-refractivity contribution in [2.24, 2.45) is 0 Å². The van der Waals surface area contributed by atoms with E-state index >= 15 is 0 Å². The van der Waals surface area contributed by atoms with E-state index in [4.69, 9.17) is 4.74 Å². The second-order valence-corrected chi connectivity index (χ2v) is 4.00. The van der Waals surface area contributed by atoms with Gasteiger partial charge in [-0.05, 0) is 24.3 Å². The van der Waals surface area contributed by atoms with Crippen LogP contribution in [0, 0.1) is 0 Å². The number of aromatic nitrogens is 2. The Bertz CT molecular complexity index is 537. The molecule has 1 aliphatic heterocycles. The Hall–Kier alpha value is -1.94. The summed E-state index contributed by atoms with van der Waals surface area (Å²) in [5.41, 5.74) is 3.31. The van der Waals surface area contributed by atoms with Crippen LogP contribution in [-0.4, -0.2) is 17.1 Å². The molecule has 0 radical (unpaired) electrons. The Morgan fingerprint density at radius 3 is 2.76 bits per heavy atom. The predicted molar refractivity (Wildman–Crippen MR) is 64.6 cm³/mol. The number of rotatable bonds is 2. The molecule has 86 valence electrons. The molecule has 0 saturated heterocycles. The van der Waals surface area contributed by atoms with Gasteiger partial charge < -0.3 is 10.1 Å². The topological polar surface area (TPSA) is 47.0 Å². The van der Waals surface area contributed by atoms with Crippen LogP contribution in [0.3, 0.4) is 0 Å². The molecule has 0 fully saturated rings. The lowest BCUT2D eigenvalue weighted by molar-refractivity contribution is 0.415. The summed E-state index contributed by atoms with van der Waals surface area (Å²) in [6.45, 7) is 1.71. The van der Waals surface area contributed by atoms with Gasteiger partial charge in [-0.25, -0.2) is 9.97 Å². The minimum Gasteiger partial charge on any atom is -0.497 e. The van der Waals surface area contributed by atoms with E-state index in [0.29, 0.717) is 0 Å². The number of nitrogens with one attached hydrogen (secondary N) is 1. The lowest BCUT2D eigenvalue weighted by atomic mass is 10.2. The van der Waals surface area contributed by atoms with E-state index in [1.54, 1.807) is 7.11 Å². The molecule has 0 unspecified atom stereocenters. The zero-order valence-electron chi connectivity index (χ0n) is 9.60. The van der Waals surface area contributed by atoms with E-state index in [9.17, 15) is 0 Å². The van der Waals surface area contributed by atoms with Crippen molar-refractivity contribution in [2.45, 2.75) is 13.1 Å². The molecule has 1 aliphatic rings. The Morgan fingerprint density at radius 2 is 2.00 bits per heavy atom. The first kappa shape index (κ1) is 10.2. The second kappa shape index (κ2) is 4.14. The van der Waals surface area contributed by atoms with Crippen LogP contribution in [0.15, 0.2) is 30.5 Å². The third-order valence-electron chi connectivity index (χ3n) is 2.91. The first-order chi connectivity index (χ1) is 8.36. The molecule has 2 heterocycles. The van der Waals surface area contributed by atoms with E-state index < -0.39 is 0 Å². The maximum Gasteiger partial charge on any atom is 0.159 e. The van der Waals surface area contributed by atoms with Gasteiger partial charge in [-0.15, -0.1) is 0 Å². The van der Waals surface area contributed by atoms with Crippen molar-refractivity contribution in [3.05, 3.63) is 41.7 Å². The summed E-state index contributed by atoms with van der Waals surface area (Å²) in [5.74, 6) is 1.62. The summed E-state index contributed by atoms with van der Waals surface area (Å²) in [5, 5.41) is 3.26. The maximum atomic E-state index is 5.13. The minimum atomic E-state index is 0.773. The van der Waals surface area contributed by atoms with Crippen LogP contribution in [0.4, 0.5) is 0 Å². The molecule has 0 spiro atoms. The van der Waals surface area contributed by atoms with E-state index in [1.165, 1.54) is 5.56 Å². The molecule has 1 N–H and O–H groups in total. The summed E-state index contributed by atoms with van der Waals surface area (Å²) in [7, 11) is 1.66. The average Bonchev–Trinajstić information content (AvgIpc) is 2.86. The van der Waals surface area contributed by atoms with Crippen LogP contribution < -0.4 is 10.1 Å². The van der Waals surface area contributed by atoms with Crippen molar-refractivity contribution in [3.63, 3.8) is 0 Å². The van der Waals surface area contributed by atoms with Crippen LogP contribution in [0.25, 0.3) is 11.4 Å². The van der Waals surface area contributed by atoms with Gasteiger partial charge in [-0.1, -0.05) is 0 Å². The molecular weight excluding hydrogens is 214 g/mol. The largest absolute Gasteiger partial charge is 0.497 e. The van der Waals surface area contributed by atoms with Gasteiger partial charge in [0.05, 0.1) is 12.8 Å². The highest BCUT2D eigenvalue weighted by atomic mass is 16.5. The predicted octanol–water partition coefficient (Wildman–Crippen LogP) is 1.76. The van der Waals surface area contributed by atoms with Gasteiger partial charge in [0.2, 0.25) is 0 Å². The SMILES string of the molecule is COc1ccc(-c2ncc3c(n2)CNC3)cc1. The smallest absolute Gasteiger partial charge is 0.159 e. The van der Waals surface area contributed by atoms with Crippen molar-refractivity contribution in [1.29, 1.82) is 0 Å². The standard InChI is InChI=1S/C13H13N3O/c1-17-11-4-2-9(3-5-11)13-15-7-10-6-14-8-12(10)16-13/h2-5,7,14H,6,8H2,1H3. The molecular formula is C13H13N3O. The molecule has 1 aromatic carbocycles. The zero-order valence-corrected chi connectivity index (χ0v) is 9.60. The number of hydrogen-bond donors (Lipinski definition) is 1. The number of fused-ring (bicyclic) bond motifs is 1.